The summed E-state index contributed by atoms with van der Waals surface area (Å²) in [4.78, 5) is 60.2. The van der Waals surface area contributed by atoms with E-state index in [0.717, 1.165) is 23.8 Å². The number of nitrogens with zero attached hydrogens (tertiary/aromatic N) is 4. The van der Waals surface area contributed by atoms with E-state index in [1.165, 1.54) is 23.6 Å². The molecule has 4 rings (SSSR count). The smallest absolute Gasteiger partial charge is 0.410 e. The van der Waals surface area contributed by atoms with Crippen LogP contribution >= 0.6 is 0 Å². The lowest BCUT2D eigenvalue weighted by Gasteiger charge is -2.44. The van der Waals surface area contributed by atoms with Crippen LogP contribution in [0.3, 0.4) is 0 Å². The molecule has 0 spiro atoms. The molecule has 13 heteroatoms. The number of hydrogen-bond donors (Lipinski definition) is 0. The lowest BCUT2D eigenvalue weighted by Crippen LogP contribution is -2.50. The van der Waals surface area contributed by atoms with Crippen molar-refractivity contribution in [3.63, 3.8) is 0 Å². The normalized spacial score (nSPS) is 17.7. The van der Waals surface area contributed by atoms with E-state index in [9.17, 15) is 23.6 Å². The Balaban J connectivity index is 1.94. The molecule has 1 saturated heterocycles. The third kappa shape index (κ3) is 11.2. The number of likely N-dealkylation sites (tertiary alicyclic amines) is 1. The van der Waals surface area contributed by atoms with Crippen LogP contribution in [0.1, 0.15) is 99.0 Å². The molecular weight excluding hydrogens is 713 g/mol. The predicted octanol–water partition coefficient (Wildman–Crippen LogP) is 8.32. The number of carbonyl (C=O) groups excluding carboxylic acids is 4. The molecule has 0 radical (unpaired) electrons. The van der Waals surface area contributed by atoms with Gasteiger partial charge in [0.05, 0.1) is 18.3 Å². The zero-order chi connectivity index (χ0) is 40.8. The fourth-order valence-electron chi connectivity index (χ4n) is 7.25. The highest BCUT2D eigenvalue weighted by Crippen LogP contribution is 2.45. The van der Waals surface area contributed by atoms with Crippen LogP contribution in [-0.2, 0) is 30.4 Å². The average molecular weight is 769 g/mol. The third-order valence-corrected chi connectivity index (χ3v) is 10.1. The molecule has 2 aromatic carbocycles. The second-order valence-corrected chi connectivity index (χ2v) is 16.3. The summed E-state index contributed by atoms with van der Waals surface area (Å²) in [5.41, 5.74) is -0.847. The second-order valence-electron chi connectivity index (χ2n) is 16.3. The number of imidazole rings is 1. The Kier molecular flexibility index (Phi) is 14.0. The van der Waals surface area contributed by atoms with Gasteiger partial charge in [0, 0.05) is 50.2 Å². The number of carbonyl (C=O) groups is 4. The van der Waals surface area contributed by atoms with Crippen molar-refractivity contribution in [1.82, 2.24) is 19.4 Å². The molecular formula is C42H55F3N4O6. The summed E-state index contributed by atoms with van der Waals surface area (Å²) in [7, 11) is 0. The van der Waals surface area contributed by atoms with Gasteiger partial charge in [0.1, 0.15) is 35.0 Å². The quantitative estimate of drug-likeness (QED) is 0.143. The number of esters is 1. The number of ketones is 1. The molecule has 0 bridgehead atoms. The van der Waals surface area contributed by atoms with Gasteiger partial charge in [0.25, 0.3) is 5.91 Å². The zero-order valence-corrected chi connectivity index (χ0v) is 33.4. The molecule has 5 unspecified atom stereocenters. The minimum absolute atomic E-state index is 0.0224. The van der Waals surface area contributed by atoms with Crippen molar-refractivity contribution in [3.8, 4) is 11.3 Å². The topological polar surface area (TPSA) is 111 Å². The van der Waals surface area contributed by atoms with Crippen molar-refractivity contribution >= 4 is 23.8 Å². The molecule has 55 heavy (non-hydrogen) atoms. The number of hydrogen-bond acceptors (Lipinski definition) is 7. The molecule has 10 nitrogen and oxygen atoms in total. The van der Waals surface area contributed by atoms with Crippen LogP contribution in [0, 0.1) is 28.9 Å². The van der Waals surface area contributed by atoms with Crippen LogP contribution in [0.25, 0.3) is 11.3 Å². The molecule has 3 aromatic rings. The van der Waals surface area contributed by atoms with Crippen molar-refractivity contribution in [2.75, 3.05) is 19.6 Å². The lowest BCUT2D eigenvalue weighted by molar-refractivity contribution is -0.161. The molecule has 300 valence electrons. The first-order valence-electron chi connectivity index (χ1n) is 18.9. The van der Waals surface area contributed by atoms with Gasteiger partial charge in [-0.3, -0.25) is 14.4 Å². The summed E-state index contributed by atoms with van der Waals surface area (Å²) >= 11 is 0. The number of rotatable bonds is 15. The van der Waals surface area contributed by atoms with Gasteiger partial charge in [-0.05, 0) is 83.1 Å². The maximum atomic E-state index is 16.1. The van der Waals surface area contributed by atoms with Gasteiger partial charge in [-0.15, -0.1) is 0 Å². The molecule has 0 N–H and O–H groups in total. The summed E-state index contributed by atoms with van der Waals surface area (Å²) in [6.45, 7) is 14.8. The standard InChI is InChI=1S/C42H55F3N4O6/c1-10-30(26(2)50)18-19-42(8,9)37(38-46-36(33-20-32(43)16-17-34(33)44)25-47(38)21-29-14-12-11-13-15-29)49(39(52)27(3)54-28(4)51)23-31-22-48(24-35(31)45)40(53)55-41(5,6)7/h11-17,20,25,27,30-31,35,37H,10,18-19,21-24H2,1-9H3. The van der Waals surface area contributed by atoms with Crippen LogP contribution in [0.5, 0.6) is 0 Å². The number of amides is 2. The molecule has 2 heterocycles. The van der Waals surface area contributed by atoms with Gasteiger partial charge in [-0.1, -0.05) is 51.1 Å². The zero-order valence-electron chi connectivity index (χ0n) is 33.4. The first kappa shape index (κ1) is 43.1. The molecule has 1 aliphatic heterocycles. The van der Waals surface area contributed by atoms with Crippen molar-refractivity contribution < 1.29 is 41.8 Å². The third-order valence-electron chi connectivity index (χ3n) is 10.1. The summed E-state index contributed by atoms with van der Waals surface area (Å²) in [6, 6.07) is 11.5. The minimum Gasteiger partial charge on any atom is -0.453 e. The molecule has 0 aliphatic carbocycles. The van der Waals surface area contributed by atoms with E-state index < -0.39 is 64.9 Å². The Bertz CT molecular complexity index is 1820. The first-order chi connectivity index (χ1) is 25.7. The van der Waals surface area contributed by atoms with E-state index >= 15 is 8.78 Å². The average Bonchev–Trinajstić information content (AvgIpc) is 3.67. The largest absolute Gasteiger partial charge is 0.453 e. The summed E-state index contributed by atoms with van der Waals surface area (Å²) < 4.78 is 58.7. The maximum absolute atomic E-state index is 16.1. The van der Waals surface area contributed by atoms with Crippen molar-refractivity contribution in [2.45, 2.75) is 112 Å². The highest BCUT2D eigenvalue weighted by atomic mass is 19.1. The van der Waals surface area contributed by atoms with Crippen LogP contribution in [-0.4, -0.2) is 80.6 Å². The Morgan fingerprint density at radius 2 is 1.67 bits per heavy atom. The van der Waals surface area contributed by atoms with Gasteiger partial charge in [-0.25, -0.2) is 22.9 Å². The monoisotopic (exact) mass is 768 g/mol. The molecule has 1 aromatic heterocycles. The van der Waals surface area contributed by atoms with E-state index in [-0.39, 0.29) is 49.1 Å². The van der Waals surface area contributed by atoms with Crippen molar-refractivity contribution in [2.24, 2.45) is 17.3 Å². The Morgan fingerprint density at radius 1 is 1.00 bits per heavy atom. The highest BCUT2D eigenvalue weighted by Gasteiger charge is 2.46. The molecule has 1 fully saturated rings. The second kappa shape index (κ2) is 17.8. The number of Topliss-reactive ketones (excluding diaryl/α,β-unsaturated/α-hetero) is 1. The van der Waals surface area contributed by atoms with Gasteiger partial charge < -0.3 is 23.8 Å². The molecule has 5 atom stereocenters. The van der Waals surface area contributed by atoms with Crippen LogP contribution in [0.2, 0.25) is 0 Å². The van der Waals surface area contributed by atoms with E-state index in [2.05, 4.69) is 0 Å². The molecule has 2 amide bonds. The Labute approximate surface area is 322 Å². The number of aromatic nitrogens is 2. The van der Waals surface area contributed by atoms with E-state index in [4.69, 9.17) is 14.5 Å². The van der Waals surface area contributed by atoms with Crippen LogP contribution in [0.4, 0.5) is 18.0 Å². The van der Waals surface area contributed by atoms with E-state index in [1.807, 2.05) is 51.1 Å². The fraction of sp³-hybridized carbons (Fsp3) is 0.548. The van der Waals surface area contributed by atoms with Gasteiger partial charge in [0.15, 0.2) is 6.10 Å². The fourth-order valence-corrected chi connectivity index (χ4v) is 7.25. The summed E-state index contributed by atoms with van der Waals surface area (Å²) in [6.07, 6.45) is -0.464. The Morgan fingerprint density at radius 3 is 2.27 bits per heavy atom. The lowest BCUT2D eigenvalue weighted by atomic mass is 9.75. The maximum Gasteiger partial charge on any atom is 0.410 e. The number of benzene rings is 2. The van der Waals surface area contributed by atoms with Crippen LogP contribution < -0.4 is 0 Å². The van der Waals surface area contributed by atoms with Crippen molar-refractivity contribution in [3.05, 3.63) is 77.8 Å². The van der Waals surface area contributed by atoms with E-state index in [1.54, 1.807) is 38.5 Å². The van der Waals surface area contributed by atoms with E-state index in [0.29, 0.717) is 25.1 Å². The van der Waals surface area contributed by atoms with Crippen molar-refractivity contribution in [1.29, 1.82) is 0 Å². The summed E-state index contributed by atoms with van der Waals surface area (Å²) in [5, 5.41) is 0. The van der Waals surface area contributed by atoms with Gasteiger partial charge in [-0.2, -0.15) is 0 Å². The predicted molar refractivity (Wildman–Crippen MR) is 202 cm³/mol. The minimum atomic E-state index is -1.54. The Hall–Kier alpha value is -4.68. The van der Waals surface area contributed by atoms with Gasteiger partial charge >= 0.3 is 12.1 Å². The molecule has 0 saturated carbocycles. The number of ether oxygens (including phenoxy) is 2. The number of halogens is 3. The first-order valence-corrected chi connectivity index (χ1v) is 18.9. The summed E-state index contributed by atoms with van der Waals surface area (Å²) in [5.74, 6) is -3.53. The van der Waals surface area contributed by atoms with Crippen LogP contribution in [0.15, 0.2) is 54.7 Å². The molecule has 1 aliphatic rings. The van der Waals surface area contributed by atoms with Gasteiger partial charge in [0.2, 0.25) is 0 Å². The number of alkyl halides is 1. The SMILES string of the molecule is CCC(CCC(C)(C)C(c1nc(-c2cc(F)ccc2F)cn1Cc1ccccc1)N(CC1CN(C(=O)OC(C)(C)C)CC1F)C(=O)C(C)OC(C)=O)C(C)=O. The highest BCUT2D eigenvalue weighted by molar-refractivity contribution is 5.83.